The maximum Gasteiger partial charge on any atom is 0.191 e. The molecule has 0 heterocycles. The van der Waals surface area contributed by atoms with Crippen molar-refractivity contribution in [3.63, 3.8) is 0 Å². The van der Waals surface area contributed by atoms with Crippen molar-refractivity contribution in [2.45, 2.75) is 70.1 Å². The lowest BCUT2D eigenvalue weighted by Gasteiger charge is -2.31. The Morgan fingerprint density at radius 2 is 2.00 bits per heavy atom. The molecule has 28 heavy (non-hydrogen) atoms. The first-order valence-corrected chi connectivity index (χ1v) is 11.4. The third-order valence-electron chi connectivity index (χ3n) is 5.20. The number of nitrogens with one attached hydrogen (secondary N) is 2. The quantitative estimate of drug-likeness (QED) is 0.318. The molecule has 0 radical (unpaired) electrons. The SMILES string of the molecule is CCNC(=NCC(C)(C)c1ccccc1F)NC1CCCC(S(=O)CC)C1.I. The summed E-state index contributed by atoms with van der Waals surface area (Å²) in [5.74, 6) is 1.30. The zero-order valence-corrected chi connectivity index (χ0v) is 20.6. The minimum absolute atomic E-state index is 0. The molecule has 1 aromatic carbocycles. The Balaban J connectivity index is 0.00000392. The lowest BCUT2D eigenvalue weighted by molar-refractivity contribution is 0.412. The molecule has 1 aliphatic carbocycles. The van der Waals surface area contributed by atoms with E-state index in [-0.39, 0.29) is 41.1 Å². The van der Waals surface area contributed by atoms with Crippen LogP contribution in [-0.4, -0.2) is 40.3 Å². The third-order valence-corrected chi connectivity index (χ3v) is 6.94. The van der Waals surface area contributed by atoms with E-state index in [0.29, 0.717) is 12.1 Å². The van der Waals surface area contributed by atoms with E-state index < -0.39 is 16.2 Å². The second-order valence-electron chi connectivity index (χ2n) is 7.86. The van der Waals surface area contributed by atoms with Gasteiger partial charge >= 0.3 is 0 Å². The lowest BCUT2D eigenvalue weighted by atomic mass is 9.84. The van der Waals surface area contributed by atoms with Crippen LogP contribution < -0.4 is 10.6 Å². The van der Waals surface area contributed by atoms with E-state index in [0.717, 1.165) is 43.9 Å². The van der Waals surface area contributed by atoms with Gasteiger partial charge in [-0.2, -0.15) is 0 Å². The number of nitrogens with zero attached hydrogens (tertiary/aromatic N) is 1. The first-order chi connectivity index (χ1) is 12.9. The van der Waals surface area contributed by atoms with Gasteiger partial charge in [0.15, 0.2) is 5.96 Å². The lowest BCUT2D eigenvalue weighted by Crippen LogP contribution is -2.47. The molecule has 1 saturated carbocycles. The van der Waals surface area contributed by atoms with Gasteiger partial charge in [0.05, 0.1) is 6.54 Å². The Morgan fingerprint density at radius 3 is 2.64 bits per heavy atom. The highest BCUT2D eigenvalue weighted by Crippen LogP contribution is 2.26. The van der Waals surface area contributed by atoms with Crippen LogP contribution in [0.3, 0.4) is 0 Å². The fourth-order valence-corrected chi connectivity index (χ4v) is 4.98. The Bertz CT molecular complexity index is 669. The first-order valence-electron chi connectivity index (χ1n) is 10.0. The predicted molar refractivity (Wildman–Crippen MR) is 129 cm³/mol. The summed E-state index contributed by atoms with van der Waals surface area (Å²) in [7, 11) is -0.740. The van der Waals surface area contributed by atoms with E-state index in [1.807, 2.05) is 39.8 Å². The van der Waals surface area contributed by atoms with Gasteiger partial charge in [-0.3, -0.25) is 9.20 Å². The minimum Gasteiger partial charge on any atom is -0.357 e. The van der Waals surface area contributed by atoms with Crippen LogP contribution in [0, 0.1) is 5.82 Å². The molecule has 0 spiro atoms. The normalized spacial score (nSPS) is 21.5. The highest BCUT2D eigenvalue weighted by Gasteiger charge is 2.27. The summed E-state index contributed by atoms with van der Waals surface area (Å²) in [6.45, 7) is 9.31. The van der Waals surface area contributed by atoms with Gasteiger partial charge < -0.3 is 10.6 Å². The van der Waals surface area contributed by atoms with Crippen LogP contribution in [0.15, 0.2) is 29.3 Å². The Hall–Kier alpha value is -0.700. The molecule has 0 bridgehead atoms. The Kier molecular flexibility index (Phi) is 10.9. The molecule has 2 rings (SSSR count). The molecule has 7 heteroatoms. The number of hydrogen-bond acceptors (Lipinski definition) is 2. The zero-order chi connectivity index (χ0) is 19.9. The van der Waals surface area contributed by atoms with Crippen molar-refractivity contribution in [2.75, 3.05) is 18.8 Å². The summed E-state index contributed by atoms with van der Waals surface area (Å²) >= 11 is 0. The van der Waals surface area contributed by atoms with Crippen molar-refractivity contribution < 1.29 is 8.60 Å². The number of aliphatic imine (C=N–C) groups is 1. The van der Waals surface area contributed by atoms with Gasteiger partial charge in [-0.15, -0.1) is 24.0 Å². The van der Waals surface area contributed by atoms with E-state index >= 15 is 0 Å². The van der Waals surface area contributed by atoms with Gasteiger partial charge in [0.25, 0.3) is 0 Å². The number of guanidine groups is 1. The molecule has 1 fully saturated rings. The largest absolute Gasteiger partial charge is 0.357 e. The summed E-state index contributed by atoms with van der Waals surface area (Å²) < 4.78 is 26.3. The van der Waals surface area contributed by atoms with E-state index in [2.05, 4.69) is 10.6 Å². The van der Waals surface area contributed by atoms with Crippen molar-refractivity contribution >= 4 is 40.7 Å². The standard InChI is InChI=1S/C21H34FN3OS.HI/c1-5-23-20(25-16-10-9-11-17(14-16)27(26)6-2)24-15-21(3,4)18-12-7-8-13-19(18)22;/h7-8,12-13,16-17H,5-6,9-11,14-15H2,1-4H3,(H2,23,24,25);1H. The molecule has 3 atom stereocenters. The predicted octanol–water partition coefficient (Wildman–Crippen LogP) is 4.36. The monoisotopic (exact) mass is 523 g/mol. The van der Waals surface area contributed by atoms with E-state index in [1.54, 1.807) is 6.07 Å². The van der Waals surface area contributed by atoms with Crippen molar-refractivity contribution in [3.05, 3.63) is 35.6 Å². The molecule has 0 saturated heterocycles. The Labute approximate surface area is 189 Å². The van der Waals surface area contributed by atoms with E-state index in [1.165, 1.54) is 6.07 Å². The van der Waals surface area contributed by atoms with Crippen LogP contribution in [0.2, 0.25) is 0 Å². The van der Waals surface area contributed by atoms with Crippen molar-refractivity contribution in [1.29, 1.82) is 0 Å². The van der Waals surface area contributed by atoms with Crippen LogP contribution in [0.1, 0.15) is 58.9 Å². The van der Waals surface area contributed by atoms with E-state index in [4.69, 9.17) is 4.99 Å². The fourth-order valence-electron chi connectivity index (χ4n) is 3.64. The zero-order valence-electron chi connectivity index (χ0n) is 17.5. The molecular weight excluding hydrogens is 488 g/mol. The number of rotatable bonds is 7. The van der Waals surface area contributed by atoms with Gasteiger partial charge in [-0.25, -0.2) is 4.39 Å². The topological polar surface area (TPSA) is 53.5 Å². The minimum atomic E-state index is -0.740. The van der Waals surface area contributed by atoms with Crippen molar-refractivity contribution in [3.8, 4) is 0 Å². The maximum absolute atomic E-state index is 14.2. The molecule has 2 N–H and O–H groups in total. The molecule has 4 nitrogen and oxygen atoms in total. The first kappa shape index (κ1) is 25.3. The molecule has 0 amide bonds. The maximum atomic E-state index is 14.2. The van der Waals surface area contributed by atoms with Crippen LogP contribution in [0.5, 0.6) is 0 Å². The average Bonchev–Trinajstić information content (AvgIpc) is 2.66. The van der Waals surface area contributed by atoms with Gasteiger partial charge in [-0.1, -0.05) is 45.4 Å². The second kappa shape index (κ2) is 12.1. The molecule has 3 unspecified atom stereocenters. The molecule has 160 valence electrons. The number of halogens is 2. The highest BCUT2D eigenvalue weighted by atomic mass is 127. The van der Waals surface area contributed by atoms with Crippen molar-refractivity contribution in [2.24, 2.45) is 4.99 Å². The van der Waals surface area contributed by atoms with Gasteiger partial charge in [-0.05, 0) is 37.8 Å². The average molecular weight is 524 g/mol. The summed E-state index contributed by atoms with van der Waals surface area (Å²) in [4.78, 5) is 4.74. The smallest absolute Gasteiger partial charge is 0.191 e. The highest BCUT2D eigenvalue weighted by molar-refractivity contribution is 14.0. The third kappa shape index (κ3) is 7.28. The fraction of sp³-hybridized carbons (Fsp3) is 0.667. The summed E-state index contributed by atoms with van der Waals surface area (Å²) in [5.41, 5.74) is 0.285. The Morgan fingerprint density at radius 1 is 1.29 bits per heavy atom. The molecule has 0 aliphatic heterocycles. The number of benzene rings is 1. The van der Waals surface area contributed by atoms with Gasteiger partial charge in [0, 0.05) is 39.8 Å². The van der Waals surface area contributed by atoms with Crippen molar-refractivity contribution in [1.82, 2.24) is 10.6 Å². The number of hydrogen-bond donors (Lipinski definition) is 2. The summed E-state index contributed by atoms with van der Waals surface area (Å²) in [6, 6.07) is 7.19. The molecule has 1 aliphatic rings. The van der Waals surface area contributed by atoms with E-state index in [9.17, 15) is 8.60 Å². The van der Waals surface area contributed by atoms with Crippen LogP contribution in [-0.2, 0) is 16.2 Å². The molecule has 0 aromatic heterocycles. The van der Waals surface area contributed by atoms with Gasteiger partial charge in [0.1, 0.15) is 5.82 Å². The van der Waals surface area contributed by atoms with Crippen LogP contribution in [0.4, 0.5) is 4.39 Å². The summed E-state index contributed by atoms with van der Waals surface area (Å²) in [5, 5.41) is 7.09. The van der Waals surface area contributed by atoms with Crippen LogP contribution >= 0.6 is 24.0 Å². The summed E-state index contributed by atoms with van der Waals surface area (Å²) in [6.07, 6.45) is 4.13. The molecular formula is C21H35FIN3OS. The molecule has 1 aromatic rings. The van der Waals surface area contributed by atoms with Crippen LogP contribution in [0.25, 0.3) is 0 Å². The van der Waals surface area contributed by atoms with Gasteiger partial charge in [0.2, 0.25) is 0 Å². The second-order valence-corrected chi connectivity index (χ2v) is 9.86.